The molecule has 0 aliphatic heterocycles. The first-order chi connectivity index (χ1) is 54.0. The second-order valence-corrected chi connectivity index (χ2v) is 31.1. The molecule has 112 heavy (non-hydrogen) atoms. The van der Waals surface area contributed by atoms with E-state index in [2.05, 4.69) is 424 Å². The van der Waals surface area contributed by atoms with Gasteiger partial charge in [-0.1, -0.05) is 219 Å². The molecule has 8 heterocycles. The van der Waals surface area contributed by atoms with Gasteiger partial charge in [0.25, 0.3) is 0 Å². The van der Waals surface area contributed by atoms with Gasteiger partial charge in [0.05, 0.1) is 62.9 Å². The third-order valence-electron chi connectivity index (χ3n) is 21.6. The summed E-state index contributed by atoms with van der Waals surface area (Å²) in [5.41, 5.74) is 33.3. The van der Waals surface area contributed by atoms with Crippen LogP contribution in [0.1, 0.15) is 135 Å². The van der Waals surface area contributed by atoms with Gasteiger partial charge in [-0.2, -0.15) is 0 Å². The van der Waals surface area contributed by atoms with Crippen LogP contribution < -0.4 is 18.7 Å². The average Bonchev–Trinajstić information content (AvgIpc) is 1.43. The quantitative estimate of drug-likeness (QED) is 0.108. The first kappa shape index (κ1) is 76.2. The number of para-hydroxylation sites is 4. The van der Waals surface area contributed by atoms with Crippen LogP contribution in [0.4, 0.5) is 0 Å². The Balaban J connectivity index is 0.000000126. The van der Waals surface area contributed by atoms with Gasteiger partial charge in [0.15, 0.2) is 28.2 Å². The summed E-state index contributed by atoms with van der Waals surface area (Å²) in [5, 5.41) is 4.91. The van der Waals surface area contributed by atoms with Crippen molar-refractivity contribution in [3.8, 4) is 78.8 Å². The van der Waals surface area contributed by atoms with Crippen LogP contribution in [0.15, 0.2) is 280 Å². The Morgan fingerprint density at radius 2 is 0.616 bits per heavy atom. The van der Waals surface area contributed by atoms with Crippen LogP contribution in [-0.2, 0) is 28.2 Å². The summed E-state index contributed by atoms with van der Waals surface area (Å²) < 4.78 is 17.5. The number of pyridine rings is 4. The summed E-state index contributed by atoms with van der Waals surface area (Å²) >= 11 is 0. The van der Waals surface area contributed by atoms with E-state index in [1.54, 1.807) is 0 Å². The lowest BCUT2D eigenvalue weighted by Crippen LogP contribution is -2.38. The van der Waals surface area contributed by atoms with E-state index in [-0.39, 0.29) is 0 Å². The number of benzene rings is 9. The van der Waals surface area contributed by atoms with Gasteiger partial charge in [-0.15, -0.1) is 37.5 Å². The van der Waals surface area contributed by atoms with Crippen molar-refractivity contribution in [2.75, 3.05) is 0 Å². The lowest BCUT2D eigenvalue weighted by atomic mass is 9.86. The zero-order valence-electron chi connectivity index (χ0n) is 68.2. The second-order valence-electron chi connectivity index (χ2n) is 31.1. The number of hydrogen-bond donors (Lipinski definition) is 0. The average molecular weight is 1470 g/mol. The molecule has 9 aromatic carbocycles. The molecule has 0 unspecified atom stereocenters. The van der Waals surface area contributed by atoms with E-state index < -0.39 is 0 Å². The van der Waals surface area contributed by atoms with Crippen LogP contribution in [-0.4, -0.2) is 38.7 Å². The maximum atomic E-state index is 5.05. The Bertz CT molecular complexity index is 6180. The van der Waals surface area contributed by atoms with Gasteiger partial charge in [-0.25, -0.2) is 0 Å². The standard InChI is InChI=1S/C32H26N3.C26H30N3.C22H22N3.C20H26N3/c1-23-20-29(33-21-31(23)35-30-19-10-9-16-26(30)22-34(35)2)32-27(24-12-5-3-6-13-24)17-11-18-28(32)25-14-7-4-8-15-25;1-17(2)21-11-9-12-22(18(3)4)26(21)23-14-19(5)25(15-27-23)29-24-13-8-7-10-20(24)16-28(29)6;1-15-8-7-9-16(2)22(15)19-12-17(3)21(13-23-19)25-20-11-6-5-10-18(20)14-24(25)4;1-13(2)17-11-15(5)20(19(21-17)14(3)4)23-18-10-8-7-9-16(18)12-22(23)6/h3-22H,1-2H3;7-18H,1-6H3;5-14H,1-4H3;7-14H,1-6H3/q4*+1. The Kier molecular flexibility index (Phi) is 22.2. The molecule has 17 rings (SSSR count). The molecule has 17 aromatic rings. The summed E-state index contributed by atoms with van der Waals surface area (Å²) in [4.78, 5) is 19.8. The molecule has 0 fully saturated rings. The highest BCUT2D eigenvalue weighted by atomic mass is 15.4. The molecule has 8 aromatic heterocycles. The van der Waals surface area contributed by atoms with E-state index in [0.29, 0.717) is 23.7 Å². The van der Waals surface area contributed by atoms with Gasteiger partial charge < -0.3 is 0 Å². The third-order valence-corrected chi connectivity index (χ3v) is 21.6. The summed E-state index contributed by atoms with van der Waals surface area (Å²) in [6, 6.07) is 83.5. The van der Waals surface area contributed by atoms with E-state index in [1.807, 2.05) is 18.6 Å². The number of rotatable bonds is 13. The fourth-order valence-electron chi connectivity index (χ4n) is 16.1. The largest absolute Gasteiger partial charge is 0.255 e. The topological polar surface area (TPSA) is 86.8 Å². The van der Waals surface area contributed by atoms with Crippen LogP contribution in [0, 0.1) is 41.5 Å². The van der Waals surface area contributed by atoms with Crippen molar-refractivity contribution in [1.29, 1.82) is 0 Å². The SMILES string of the molecule is Cc1cc(-c2c(-c3ccccc3)cccc2-c2ccccc2)ncc1-n1c2ccccc2c[n+]1C.Cc1cc(-c2c(C(C)C)cccc2C(C)C)ncc1-n1c2ccccc2c[n+]1C.Cc1cc(-c2c(C)cccc2C)ncc1-n1c2ccccc2c[n+]1C.Cc1cc(C(C)C)nc(C(C)C)c1-n1c2ccccc2c[n+]1C. The summed E-state index contributed by atoms with van der Waals surface area (Å²) in [6.07, 6.45) is 14.7. The molecule has 0 bridgehead atoms. The molecule has 0 saturated heterocycles. The zero-order valence-corrected chi connectivity index (χ0v) is 68.2. The van der Waals surface area contributed by atoms with E-state index in [0.717, 1.165) is 39.7 Å². The lowest BCUT2D eigenvalue weighted by molar-refractivity contribution is -0.742. The highest BCUT2D eigenvalue weighted by molar-refractivity contribution is 5.94. The smallest absolute Gasteiger partial charge is 0.203 e. The normalized spacial score (nSPS) is 11.4. The molecule has 0 N–H and O–H groups in total. The maximum Gasteiger partial charge on any atom is 0.203 e. The van der Waals surface area contributed by atoms with Crippen molar-refractivity contribution in [1.82, 2.24) is 38.7 Å². The molecule has 560 valence electrons. The Morgan fingerprint density at radius 1 is 0.286 bits per heavy atom. The number of aromatic nitrogens is 12. The summed E-state index contributed by atoms with van der Waals surface area (Å²) in [7, 11) is 8.32. The molecule has 12 heteroatoms. The van der Waals surface area contributed by atoms with Gasteiger partial charge in [-0.3, -0.25) is 19.9 Å². The van der Waals surface area contributed by atoms with Gasteiger partial charge in [0.2, 0.25) is 24.8 Å². The Hall–Kier alpha value is -12.5. The monoisotopic (exact) mass is 1470 g/mol. The molecule has 0 spiro atoms. The van der Waals surface area contributed by atoms with Crippen LogP contribution >= 0.6 is 0 Å². The van der Waals surface area contributed by atoms with Gasteiger partial charge in [0.1, 0.15) is 44.8 Å². The molecule has 0 aliphatic rings. The van der Waals surface area contributed by atoms with Gasteiger partial charge in [-0.05, 0) is 205 Å². The second kappa shape index (κ2) is 32.6. The molecule has 0 amide bonds. The van der Waals surface area contributed by atoms with Crippen molar-refractivity contribution >= 4 is 43.6 Å². The maximum absolute atomic E-state index is 5.05. The predicted molar refractivity (Wildman–Crippen MR) is 461 cm³/mol. The molecular weight excluding hydrogens is 1370 g/mol. The van der Waals surface area contributed by atoms with Crippen LogP contribution in [0.25, 0.3) is 122 Å². The molecule has 12 nitrogen and oxygen atoms in total. The minimum atomic E-state index is 0.378. The summed E-state index contributed by atoms with van der Waals surface area (Å²) in [5.74, 6) is 1.73. The molecular formula is C100H104N12+4. The number of fused-ring (bicyclic) bond motifs is 4. The highest BCUT2D eigenvalue weighted by Gasteiger charge is 2.27. The van der Waals surface area contributed by atoms with Crippen LogP contribution in [0.3, 0.4) is 0 Å². The number of aryl methyl sites for hydroxylation is 10. The van der Waals surface area contributed by atoms with E-state index >= 15 is 0 Å². The third kappa shape index (κ3) is 15.2. The minimum absolute atomic E-state index is 0.378. The van der Waals surface area contributed by atoms with E-state index in [4.69, 9.17) is 19.9 Å². The van der Waals surface area contributed by atoms with Gasteiger partial charge in [0, 0.05) is 22.4 Å². The van der Waals surface area contributed by atoms with Crippen LogP contribution in [0.5, 0.6) is 0 Å². The minimum Gasteiger partial charge on any atom is -0.255 e. The summed E-state index contributed by atoms with van der Waals surface area (Å²) in [6.45, 7) is 30.9. The lowest BCUT2D eigenvalue weighted by Gasteiger charge is -2.20. The van der Waals surface area contributed by atoms with Crippen molar-refractivity contribution in [2.45, 2.75) is 121 Å². The fourth-order valence-corrected chi connectivity index (χ4v) is 16.1. The van der Waals surface area contributed by atoms with E-state index in [9.17, 15) is 0 Å². The van der Waals surface area contributed by atoms with Gasteiger partial charge >= 0.3 is 0 Å². The predicted octanol–water partition coefficient (Wildman–Crippen LogP) is 22.1. The zero-order chi connectivity index (χ0) is 78.8. The molecule has 0 radical (unpaired) electrons. The Labute approximate surface area is 660 Å². The molecule has 0 atom stereocenters. The van der Waals surface area contributed by atoms with Crippen LogP contribution in [0.2, 0.25) is 0 Å². The first-order valence-electron chi connectivity index (χ1n) is 39.3. The van der Waals surface area contributed by atoms with Crippen molar-refractivity contribution in [2.24, 2.45) is 28.2 Å². The van der Waals surface area contributed by atoms with Crippen molar-refractivity contribution < 1.29 is 18.7 Å². The van der Waals surface area contributed by atoms with Crippen molar-refractivity contribution in [3.63, 3.8) is 0 Å². The number of nitrogens with zero attached hydrogens (tertiary/aromatic N) is 12. The first-order valence-corrected chi connectivity index (χ1v) is 39.3. The fraction of sp³-hybridized carbons (Fsp3) is 0.220. The van der Waals surface area contributed by atoms with Crippen molar-refractivity contribution in [3.05, 3.63) is 336 Å². The molecule has 0 aliphatic carbocycles. The number of hydrogen-bond acceptors (Lipinski definition) is 4. The highest BCUT2D eigenvalue weighted by Crippen LogP contribution is 2.42. The van der Waals surface area contributed by atoms with E-state index in [1.165, 1.54) is 139 Å². The Morgan fingerprint density at radius 3 is 0.982 bits per heavy atom. The molecule has 0 saturated carbocycles.